The van der Waals surface area contributed by atoms with Crippen LogP contribution in [0.3, 0.4) is 0 Å². The van der Waals surface area contributed by atoms with Crippen molar-refractivity contribution in [3.63, 3.8) is 0 Å². The maximum Gasteiger partial charge on any atom is 0.229 e. The molecule has 5 nitrogen and oxygen atoms in total. The quantitative estimate of drug-likeness (QED) is 0.756. The van der Waals surface area contributed by atoms with Gasteiger partial charge in [0.25, 0.3) is 0 Å². The summed E-state index contributed by atoms with van der Waals surface area (Å²) < 4.78 is 0. The van der Waals surface area contributed by atoms with Crippen molar-refractivity contribution < 1.29 is 4.79 Å². The molecule has 0 saturated heterocycles. The fourth-order valence-corrected chi connectivity index (χ4v) is 2.70. The van der Waals surface area contributed by atoms with E-state index in [0.717, 1.165) is 22.5 Å². The van der Waals surface area contributed by atoms with E-state index in [-0.39, 0.29) is 5.91 Å². The maximum atomic E-state index is 12.2. The maximum absolute atomic E-state index is 12.2. The number of nitrogens with one attached hydrogen (secondary N) is 2. The molecule has 0 unspecified atom stereocenters. The van der Waals surface area contributed by atoms with E-state index in [1.807, 2.05) is 48.5 Å². The monoisotopic (exact) mass is 318 g/mol. The minimum absolute atomic E-state index is 0.0607. The Morgan fingerprint density at radius 1 is 1.17 bits per heavy atom. The van der Waals surface area contributed by atoms with Gasteiger partial charge in [-0.3, -0.25) is 14.9 Å². The summed E-state index contributed by atoms with van der Waals surface area (Å²) in [6.07, 6.45) is 4.51. The minimum atomic E-state index is -0.0607. The van der Waals surface area contributed by atoms with Crippen LogP contribution in [0.25, 0.3) is 11.3 Å². The second-order valence-corrected chi connectivity index (χ2v) is 6.12. The summed E-state index contributed by atoms with van der Waals surface area (Å²) in [4.78, 5) is 16.5. The summed E-state index contributed by atoms with van der Waals surface area (Å²) in [6, 6.07) is 15.7. The van der Waals surface area contributed by atoms with Crippen LogP contribution in [0.15, 0.2) is 54.7 Å². The lowest BCUT2D eigenvalue weighted by atomic mass is 10.1. The highest BCUT2D eigenvalue weighted by Crippen LogP contribution is 2.39. The second-order valence-electron chi connectivity index (χ2n) is 6.12. The van der Waals surface area contributed by atoms with E-state index >= 15 is 0 Å². The molecule has 1 aromatic carbocycles. The Bertz CT molecular complexity index is 835. The van der Waals surface area contributed by atoms with Gasteiger partial charge in [0, 0.05) is 29.4 Å². The van der Waals surface area contributed by atoms with E-state index in [4.69, 9.17) is 0 Å². The summed E-state index contributed by atoms with van der Waals surface area (Å²) in [5.74, 6) is 1.14. The Balaban J connectivity index is 1.38. The lowest BCUT2D eigenvalue weighted by Crippen LogP contribution is -2.14. The third-order valence-electron chi connectivity index (χ3n) is 4.16. The number of carbonyl (C=O) groups excluding carboxylic acids is 1. The molecule has 1 aliphatic rings. The minimum Gasteiger partial charge on any atom is -0.309 e. The van der Waals surface area contributed by atoms with E-state index in [1.165, 1.54) is 12.8 Å². The van der Waals surface area contributed by atoms with Crippen LogP contribution in [0.4, 0.5) is 5.82 Å². The van der Waals surface area contributed by atoms with Crippen molar-refractivity contribution in [2.75, 3.05) is 5.32 Å². The number of aromatic amines is 1. The zero-order valence-electron chi connectivity index (χ0n) is 13.2. The van der Waals surface area contributed by atoms with Gasteiger partial charge in [-0.05, 0) is 30.5 Å². The third-order valence-corrected chi connectivity index (χ3v) is 4.16. The molecular formula is C19H18N4O. The Kier molecular flexibility index (Phi) is 3.83. The lowest BCUT2D eigenvalue weighted by molar-refractivity contribution is -0.115. The molecule has 4 rings (SSSR count). The number of hydrogen-bond acceptors (Lipinski definition) is 3. The van der Waals surface area contributed by atoms with Crippen molar-refractivity contribution >= 4 is 11.7 Å². The predicted molar refractivity (Wildman–Crippen MR) is 92.6 cm³/mol. The number of hydrogen-bond donors (Lipinski definition) is 2. The van der Waals surface area contributed by atoms with E-state index < -0.39 is 0 Å². The highest BCUT2D eigenvalue weighted by Gasteiger charge is 2.25. The molecule has 120 valence electrons. The number of amides is 1. The highest BCUT2D eigenvalue weighted by molar-refractivity contribution is 5.91. The molecule has 0 aliphatic heterocycles. The van der Waals surface area contributed by atoms with Crippen LogP contribution in [0, 0.1) is 0 Å². The normalized spacial score (nSPS) is 13.7. The van der Waals surface area contributed by atoms with Crippen molar-refractivity contribution in [2.45, 2.75) is 25.2 Å². The van der Waals surface area contributed by atoms with Gasteiger partial charge < -0.3 is 5.32 Å². The Morgan fingerprint density at radius 3 is 2.71 bits per heavy atom. The Hall–Kier alpha value is -2.95. The molecule has 1 aliphatic carbocycles. The fourth-order valence-electron chi connectivity index (χ4n) is 2.70. The average Bonchev–Trinajstić information content (AvgIpc) is 3.36. The van der Waals surface area contributed by atoms with E-state index in [2.05, 4.69) is 20.5 Å². The van der Waals surface area contributed by atoms with Gasteiger partial charge in [0.05, 0.1) is 12.1 Å². The van der Waals surface area contributed by atoms with Crippen molar-refractivity contribution in [2.24, 2.45) is 0 Å². The molecule has 0 radical (unpaired) electrons. The smallest absolute Gasteiger partial charge is 0.229 e. The van der Waals surface area contributed by atoms with Crippen molar-refractivity contribution in [3.8, 4) is 11.3 Å². The molecule has 5 heteroatoms. The molecule has 0 atom stereocenters. The molecule has 2 aromatic heterocycles. The zero-order chi connectivity index (χ0) is 16.4. The number of nitrogens with zero attached hydrogens (tertiary/aromatic N) is 2. The molecule has 1 fully saturated rings. The largest absolute Gasteiger partial charge is 0.309 e. The number of aromatic nitrogens is 3. The van der Waals surface area contributed by atoms with Crippen LogP contribution < -0.4 is 5.32 Å². The molecule has 1 saturated carbocycles. The second kappa shape index (κ2) is 6.28. The van der Waals surface area contributed by atoms with Gasteiger partial charge in [-0.1, -0.05) is 30.3 Å². The molecule has 24 heavy (non-hydrogen) atoms. The summed E-state index contributed by atoms with van der Waals surface area (Å²) in [5.41, 5.74) is 4.05. The van der Waals surface area contributed by atoms with E-state index in [1.54, 1.807) is 6.20 Å². The number of anilines is 1. The first-order chi connectivity index (χ1) is 11.8. The van der Waals surface area contributed by atoms with Gasteiger partial charge in [0.1, 0.15) is 0 Å². The van der Waals surface area contributed by atoms with Crippen LogP contribution in [-0.2, 0) is 11.2 Å². The van der Waals surface area contributed by atoms with Crippen LogP contribution in [-0.4, -0.2) is 21.1 Å². The van der Waals surface area contributed by atoms with Crippen LogP contribution in [0.1, 0.15) is 30.0 Å². The standard InChI is InChI=1S/C19H18N4O/c24-19(21-18-12-17(22-23-18)15-8-9-15)11-13-4-6-14(7-5-13)16-3-1-2-10-20-16/h1-7,10,12,15H,8-9,11H2,(H2,21,22,23,24). The fraction of sp³-hybridized carbons (Fsp3) is 0.211. The van der Waals surface area contributed by atoms with Crippen molar-refractivity contribution in [3.05, 3.63) is 66.0 Å². The molecule has 1 amide bonds. The van der Waals surface area contributed by atoms with Gasteiger partial charge in [-0.15, -0.1) is 0 Å². The zero-order valence-corrected chi connectivity index (χ0v) is 13.2. The first-order valence-electron chi connectivity index (χ1n) is 8.13. The number of rotatable bonds is 5. The van der Waals surface area contributed by atoms with Crippen LogP contribution in [0.5, 0.6) is 0 Å². The molecule has 0 spiro atoms. The first kappa shape index (κ1) is 14.6. The van der Waals surface area contributed by atoms with Crippen molar-refractivity contribution in [1.29, 1.82) is 0 Å². The summed E-state index contributed by atoms with van der Waals surface area (Å²) in [5, 5.41) is 9.98. The first-order valence-corrected chi connectivity index (χ1v) is 8.13. The number of carbonyl (C=O) groups is 1. The lowest BCUT2D eigenvalue weighted by Gasteiger charge is -2.04. The number of pyridine rings is 1. The summed E-state index contributed by atoms with van der Waals surface area (Å²) in [7, 11) is 0. The SMILES string of the molecule is O=C(Cc1ccc(-c2ccccn2)cc1)Nc1cc(C2CC2)[nH]n1. The average molecular weight is 318 g/mol. The predicted octanol–water partition coefficient (Wildman–Crippen LogP) is 3.53. The summed E-state index contributed by atoms with van der Waals surface area (Å²) in [6.45, 7) is 0. The third kappa shape index (κ3) is 3.35. The molecule has 2 heterocycles. The Labute approximate surface area is 140 Å². The molecule has 0 bridgehead atoms. The van der Waals surface area contributed by atoms with Gasteiger partial charge in [-0.25, -0.2) is 0 Å². The van der Waals surface area contributed by atoms with Gasteiger partial charge >= 0.3 is 0 Å². The topological polar surface area (TPSA) is 70.7 Å². The van der Waals surface area contributed by atoms with E-state index in [0.29, 0.717) is 18.2 Å². The summed E-state index contributed by atoms with van der Waals surface area (Å²) >= 11 is 0. The van der Waals surface area contributed by atoms with Gasteiger partial charge in [0.2, 0.25) is 5.91 Å². The van der Waals surface area contributed by atoms with Crippen LogP contribution in [0.2, 0.25) is 0 Å². The number of H-pyrrole nitrogens is 1. The van der Waals surface area contributed by atoms with E-state index in [9.17, 15) is 4.79 Å². The van der Waals surface area contributed by atoms with Gasteiger partial charge in [-0.2, -0.15) is 5.10 Å². The van der Waals surface area contributed by atoms with Crippen LogP contribution >= 0.6 is 0 Å². The molecule has 2 N–H and O–H groups in total. The van der Waals surface area contributed by atoms with Gasteiger partial charge in [0.15, 0.2) is 5.82 Å². The number of benzene rings is 1. The molecular weight excluding hydrogens is 300 g/mol. The molecule has 3 aromatic rings. The highest BCUT2D eigenvalue weighted by atomic mass is 16.1. The Morgan fingerprint density at radius 2 is 2.00 bits per heavy atom. The van der Waals surface area contributed by atoms with Crippen molar-refractivity contribution in [1.82, 2.24) is 15.2 Å².